The van der Waals surface area contributed by atoms with Gasteiger partial charge in [0.15, 0.2) is 0 Å². The van der Waals surface area contributed by atoms with E-state index in [0.29, 0.717) is 17.0 Å². The smallest absolute Gasteiger partial charge is 0.337 e. The van der Waals surface area contributed by atoms with Gasteiger partial charge in [0.1, 0.15) is 5.82 Å². The lowest BCUT2D eigenvalue weighted by Crippen LogP contribution is -2.35. The van der Waals surface area contributed by atoms with Gasteiger partial charge in [0.25, 0.3) is 0 Å². The number of rotatable bonds is 4. The predicted molar refractivity (Wildman–Crippen MR) is 112 cm³/mol. The number of fused-ring (bicyclic) bond motifs is 1. The molecule has 2 N–H and O–H groups in total. The Morgan fingerprint density at radius 2 is 1.90 bits per heavy atom. The second-order valence-electron chi connectivity index (χ2n) is 7.31. The van der Waals surface area contributed by atoms with E-state index in [9.17, 15) is 9.59 Å². The maximum atomic E-state index is 12.0. The molecule has 1 fully saturated rings. The molecular formula is C23H23N3O3. The highest BCUT2D eigenvalue weighted by Gasteiger charge is 2.24. The van der Waals surface area contributed by atoms with E-state index >= 15 is 0 Å². The van der Waals surface area contributed by atoms with Gasteiger partial charge >= 0.3 is 5.97 Å². The number of nitrogens with zero attached hydrogens (tertiary/aromatic N) is 2. The van der Waals surface area contributed by atoms with Gasteiger partial charge in [0.05, 0.1) is 23.8 Å². The number of amides is 1. The zero-order chi connectivity index (χ0) is 20.4. The van der Waals surface area contributed by atoms with Gasteiger partial charge in [-0.15, -0.1) is 0 Å². The van der Waals surface area contributed by atoms with Crippen LogP contribution in [0, 0.1) is 0 Å². The monoisotopic (exact) mass is 389 g/mol. The van der Waals surface area contributed by atoms with E-state index in [2.05, 4.69) is 4.90 Å². The van der Waals surface area contributed by atoms with Gasteiger partial charge in [-0.1, -0.05) is 30.3 Å². The third kappa shape index (κ3) is 3.78. The van der Waals surface area contributed by atoms with E-state index in [0.717, 1.165) is 42.7 Å². The number of pyridine rings is 1. The number of carbonyl (C=O) groups excluding carboxylic acids is 2. The van der Waals surface area contributed by atoms with Gasteiger partial charge in [-0.25, -0.2) is 9.78 Å². The second kappa shape index (κ2) is 7.91. The Labute approximate surface area is 169 Å². The molecule has 3 aromatic rings. The molecule has 0 bridgehead atoms. The quantitative estimate of drug-likeness (QED) is 0.690. The van der Waals surface area contributed by atoms with Crippen LogP contribution in [0.5, 0.6) is 0 Å². The molecule has 1 aliphatic heterocycles. The van der Waals surface area contributed by atoms with Crippen molar-refractivity contribution >= 4 is 28.6 Å². The zero-order valence-corrected chi connectivity index (χ0v) is 16.3. The molecule has 2 heterocycles. The number of aromatic nitrogens is 1. The lowest BCUT2D eigenvalue weighted by atomic mass is 9.90. The first-order chi connectivity index (χ1) is 14.1. The third-order valence-corrected chi connectivity index (χ3v) is 5.52. The zero-order valence-electron chi connectivity index (χ0n) is 16.3. The second-order valence-corrected chi connectivity index (χ2v) is 7.31. The number of primary amides is 1. The number of ether oxygens (including phenoxy) is 1. The van der Waals surface area contributed by atoms with Crippen molar-refractivity contribution in [3.63, 3.8) is 0 Å². The van der Waals surface area contributed by atoms with E-state index in [1.165, 1.54) is 12.7 Å². The first kappa shape index (κ1) is 18.9. The van der Waals surface area contributed by atoms with Gasteiger partial charge in [-0.2, -0.15) is 0 Å². The average Bonchev–Trinajstić information content (AvgIpc) is 2.78. The normalized spacial score (nSPS) is 16.6. The molecular weight excluding hydrogens is 366 g/mol. The Kier molecular flexibility index (Phi) is 5.16. The summed E-state index contributed by atoms with van der Waals surface area (Å²) < 4.78 is 4.77. The number of nitrogens with two attached hydrogens (primary N) is 1. The molecule has 6 nitrogen and oxygen atoms in total. The molecule has 1 aliphatic rings. The van der Waals surface area contributed by atoms with Crippen molar-refractivity contribution in [2.45, 2.75) is 18.8 Å². The average molecular weight is 389 g/mol. The minimum absolute atomic E-state index is 0.320. The molecule has 0 aliphatic carbocycles. The Hall–Kier alpha value is -3.41. The van der Waals surface area contributed by atoms with Crippen LogP contribution in [0.2, 0.25) is 0 Å². The molecule has 2 aromatic carbocycles. The van der Waals surface area contributed by atoms with Gasteiger partial charge in [-0.3, -0.25) is 4.79 Å². The Morgan fingerprint density at radius 1 is 1.14 bits per heavy atom. The topological polar surface area (TPSA) is 85.5 Å². The van der Waals surface area contributed by atoms with Crippen molar-refractivity contribution in [2.75, 3.05) is 25.1 Å². The van der Waals surface area contributed by atoms with E-state index in [1.807, 2.05) is 36.4 Å². The van der Waals surface area contributed by atoms with Crippen LogP contribution in [0.1, 0.15) is 45.0 Å². The highest BCUT2D eigenvalue weighted by molar-refractivity contribution is 6.06. The number of piperidine rings is 1. The molecule has 1 atom stereocenters. The molecule has 148 valence electrons. The standard InChI is InChI=1S/C23H23N3O3/c1-29-23(28)16-10-8-15(9-11-16)17-5-4-12-26(14-17)21-13-19(22(24)27)18-6-2-3-7-20(18)25-21/h2-3,6-11,13,17H,4-5,12,14H2,1H3,(H2,24,27). The summed E-state index contributed by atoms with van der Waals surface area (Å²) in [6, 6.07) is 16.9. The van der Waals surface area contributed by atoms with Crippen molar-refractivity contribution in [3.05, 3.63) is 71.3 Å². The van der Waals surface area contributed by atoms with Crippen LogP contribution in [0.4, 0.5) is 5.82 Å². The SMILES string of the molecule is COC(=O)c1ccc(C2CCCN(c3cc(C(N)=O)c4ccccc4n3)C2)cc1. The number of hydrogen-bond acceptors (Lipinski definition) is 5. The van der Waals surface area contributed by atoms with Gasteiger partial charge in [0.2, 0.25) is 5.91 Å². The Bertz CT molecular complexity index is 1060. The summed E-state index contributed by atoms with van der Waals surface area (Å²) in [5.74, 6) is 0.312. The van der Waals surface area contributed by atoms with Crippen LogP contribution in [0.15, 0.2) is 54.6 Å². The van der Waals surface area contributed by atoms with Crippen molar-refractivity contribution < 1.29 is 14.3 Å². The van der Waals surface area contributed by atoms with Crippen molar-refractivity contribution in [1.82, 2.24) is 4.98 Å². The fourth-order valence-corrected chi connectivity index (χ4v) is 3.99. The van der Waals surface area contributed by atoms with Gasteiger partial charge in [0, 0.05) is 24.4 Å². The van der Waals surface area contributed by atoms with Crippen molar-refractivity contribution in [1.29, 1.82) is 0 Å². The lowest BCUT2D eigenvalue weighted by Gasteiger charge is -2.34. The molecule has 1 unspecified atom stereocenters. The predicted octanol–water partition coefficient (Wildman–Crippen LogP) is 3.50. The Morgan fingerprint density at radius 3 is 2.62 bits per heavy atom. The van der Waals surface area contributed by atoms with Gasteiger partial charge < -0.3 is 15.4 Å². The van der Waals surface area contributed by atoms with Crippen molar-refractivity contribution in [3.8, 4) is 0 Å². The summed E-state index contributed by atoms with van der Waals surface area (Å²) in [6.07, 6.45) is 2.08. The molecule has 29 heavy (non-hydrogen) atoms. The maximum absolute atomic E-state index is 12.0. The minimum Gasteiger partial charge on any atom is -0.465 e. The van der Waals surface area contributed by atoms with Crippen LogP contribution in [0.3, 0.4) is 0 Å². The molecule has 0 radical (unpaired) electrons. The number of methoxy groups -OCH3 is 1. The summed E-state index contributed by atoms with van der Waals surface area (Å²) in [5.41, 5.74) is 8.61. The van der Waals surface area contributed by atoms with Gasteiger partial charge in [-0.05, 0) is 42.7 Å². The number of benzene rings is 2. The summed E-state index contributed by atoms with van der Waals surface area (Å²) in [5, 5.41) is 0.774. The van der Waals surface area contributed by atoms with Crippen LogP contribution in [-0.2, 0) is 4.74 Å². The molecule has 1 amide bonds. The number of para-hydroxylation sites is 1. The van der Waals surface area contributed by atoms with E-state index < -0.39 is 5.91 Å². The fraction of sp³-hybridized carbons (Fsp3) is 0.261. The van der Waals surface area contributed by atoms with Crippen molar-refractivity contribution in [2.24, 2.45) is 5.73 Å². The maximum Gasteiger partial charge on any atom is 0.337 e. The highest BCUT2D eigenvalue weighted by atomic mass is 16.5. The summed E-state index contributed by atoms with van der Waals surface area (Å²) in [7, 11) is 1.38. The number of anilines is 1. The molecule has 1 aromatic heterocycles. The number of hydrogen-bond donors (Lipinski definition) is 1. The van der Waals surface area contributed by atoms with E-state index in [-0.39, 0.29) is 5.97 Å². The fourth-order valence-electron chi connectivity index (χ4n) is 3.99. The molecule has 6 heteroatoms. The largest absolute Gasteiger partial charge is 0.465 e. The molecule has 1 saturated heterocycles. The molecule has 0 saturated carbocycles. The third-order valence-electron chi connectivity index (χ3n) is 5.52. The molecule has 4 rings (SSSR count). The minimum atomic E-state index is -0.447. The lowest BCUT2D eigenvalue weighted by molar-refractivity contribution is 0.0600. The number of carbonyl (C=O) groups is 2. The molecule has 0 spiro atoms. The van der Waals surface area contributed by atoms with Crippen LogP contribution in [-0.4, -0.2) is 37.1 Å². The summed E-state index contributed by atoms with van der Waals surface area (Å²) in [4.78, 5) is 30.6. The van der Waals surface area contributed by atoms with E-state index in [4.69, 9.17) is 15.5 Å². The Balaban J connectivity index is 1.62. The first-order valence-corrected chi connectivity index (χ1v) is 9.69. The summed E-state index contributed by atoms with van der Waals surface area (Å²) >= 11 is 0. The summed E-state index contributed by atoms with van der Waals surface area (Å²) in [6.45, 7) is 1.67. The van der Waals surface area contributed by atoms with Crippen LogP contribution in [0.25, 0.3) is 10.9 Å². The first-order valence-electron chi connectivity index (χ1n) is 9.69. The number of esters is 1. The van der Waals surface area contributed by atoms with Crippen LogP contribution >= 0.6 is 0 Å². The van der Waals surface area contributed by atoms with E-state index in [1.54, 1.807) is 18.2 Å². The highest BCUT2D eigenvalue weighted by Crippen LogP contribution is 2.31. The van der Waals surface area contributed by atoms with Crippen LogP contribution < -0.4 is 10.6 Å².